The molecule has 0 radical (unpaired) electrons. The van der Waals surface area contributed by atoms with Crippen LogP contribution in [0.1, 0.15) is 24.2 Å². The lowest BCUT2D eigenvalue weighted by Gasteiger charge is -2.20. The van der Waals surface area contributed by atoms with Gasteiger partial charge in [0.05, 0.1) is 12.3 Å². The predicted octanol–water partition coefficient (Wildman–Crippen LogP) is 2.76. The summed E-state index contributed by atoms with van der Waals surface area (Å²) in [7, 11) is 0. The molecule has 4 nitrogen and oxygen atoms in total. The summed E-state index contributed by atoms with van der Waals surface area (Å²) in [5.74, 6) is -1.64. The molecule has 0 aliphatic carbocycles. The summed E-state index contributed by atoms with van der Waals surface area (Å²) < 4.78 is 5.87. The first-order valence-corrected chi connectivity index (χ1v) is 6.68. The van der Waals surface area contributed by atoms with Crippen molar-refractivity contribution in [3.63, 3.8) is 0 Å². The van der Waals surface area contributed by atoms with Crippen LogP contribution in [0.4, 0.5) is 5.69 Å². The number of ether oxygens (including phenoxy) is 1. The molecule has 0 aromatic heterocycles. The number of benzene rings is 1. The lowest BCUT2D eigenvalue weighted by atomic mass is 9.90. The molecule has 94 valence electrons. The fourth-order valence-corrected chi connectivity index (χ4v) is 2.40. The van der Waals surface area contributed by atoms with Gasteiger partial charge in [0.1, 0.15) is 0 Å². The highest BCUT2D eigenvalue weighted by molar-refractivity contribution is 14.1. The molecule has 1 aliphatic rings. The van der Waals surface area contributed by atoms with Crippen LogP contribution >= 0.6 is 22.6 Å². The minimum atomic E-state index is -0.893. The first-order valence-electron chi connectivity index (χ1n) is 5.60. The molecular formula is C13H12INO3. The van der Waals surface area contributed by atoms with Crippen LogP contribution in [0.5, 0.6) is 0 Å². The lowest BCUT2D eigenvalue weighted by Crippen LogP contribution is -2.34. The minimum Gasteiger partial charge on any atom is -0.465 e. The third-order valence-corrected chi connectivity index (χ3v) is 3.39. The van der Waals surface area contributed by atoms with Gasteiger partial charge in [0, 0.05) is 14.8 Å². The normalized spacial score (nSPS) is 18.1. The first-order chi connectivity index (χ1) is 8.54. The van der Waals surface area contributed by atoms with E-state index in [1.165, 1.54) is 0 Å². The number of aliphatic imine (C=N–C) groups is 1. The molecule has 0 saturated carbocycles. The van der Waals surface area contributed by atoms with Gasteiger partial charge < -0.3 is 4.74 Å². The van der Waals surface area contributed by atoms with Crippen molar-refractivity contribution >= 4 is 45.7 Å². The smallest absolute Gasteiger partial charge is 0.322 e. The maximum Gasteiger partial charge on any atom is 0.322 e. The van der Waals surface area contributed by atoms with Crippen molar-refractivity contribution in [2.24, 2.45) is 10.9 Å². The van der Waals surface area contributed by atoms with Crippen molar-refractivity contribution < 1.29 is 14.3 Å². The minimum absolute atomic E-state index is 0.227. The van der Waals surface area contributed by atoms with Crippen molar-refractivity contribution in [3.05, 3.63) is 27.3 Å². The molecule has 1 atom stereocenters. The van der Waals surface area contributed by atoms with E-state index in [1.807, 2.05) is 6.07 Å². The third-order valence-electron chi connectivity index (χ3n) is 2.72. The second kappa shape index (κ2) is 5.17. The summed E-state index contributed by atoms with van der Waals surface area (Å²) in [6.07, 6.45) is 0. The standard InChI is InChI=1S/C13H12INO3/c1-3-18-13(17)11-7(2)15-10-5-4-8(14)6-9(10)12(11)16/h4-6,11H,3H2,1-2H3. The summed E-state index contributed by atoms with van der Waals surface area (Å²) in [6, 6.07) is 5.43. The Bertz CT molecular complexity index is 551. The molecular weight excluding hydrogens is 345 g/mol. The van der Waals surface area contributed by atoms with Crippen LogP contribution in [-0.4, -0.2) is 24.1 Å². The zero-order chi connectivity index (χ0) is 13.3. The van der Waals surface area contributed by atoms with E-state index in [4.69, 9.17) is 4.74 Å². The average Bonchev–Trinajstić information content (AvgIpc) is 2.31. The molecule has 0 amide bonds. The van der Waals surface area contributed by atoms with Gasteiger partial charge in [-0.3, -0.25) is 14.6 Å². The molecule has 0 saturated heterocycles. The fraction of sp³-hybridized carbons (Fsp3) is 0.308. The number of carbonyl (C=O) groups excluding carboxylic acids is 2. The molecule has 2 rings (SSSR count). The zero-order valence-electron chi connectivity index (χ0n) is 10.1. The number of carbonyl (C=O) groups is 2. The molecule has 0 N–H and O–H groups in total. The van der Waals surface area contributed by atoms with Gasteiger partial charge in [-0.1, -0.05) is 0 Å². The Morgan fingerprint density at radius 2 is 2.22 bits per heavy atom. The summed E-state index contributed by atoms with van der Waals surface area (Å²) in [6.45, 7) is 3.66. The van der Waals surface area contributed by atoms with Gasteiger partial charge in [-0.15, -0.1) is 0 Å². The van der Waals surface area contributed by atoms with E-state index >= 15 is 0 Å². The number of halogens is 1. The number of hydrogen-bond donors (Lipinski definition) is 0. The maximum atomic E-state index is 12.3. The van der Waals surface area contributed by atoms with Crippen LogP contribution in [0.15, 0.2) is 23.2 Å². The molecule has 1 aliphatic heterocycles. The van der Waals surface area contributed by atoms with Crippen molar-refractivity contribution in [3.8, 4) is 0 Å². The van der Waals surface area contributed by atoms with Crippen molar-refractivity contribution in [2.45, 2.75) is 13.8 Å². The van der Waals surface area contributed by atoms with Crippen LogP contribution < -0.4 is 0 Å². The van der Waals surface area contributed by atoms with Gasteiger partial charge in [0.25, 0.3) is 0 Å². The molecule has 1 aromatic carbocycles. The second-order valence-electron chi connectivity index (χ2n) is 3.96. The Balaban J connectivity index is 2.45. The predicted molar refractivity (Wildman–Crippen MR) is 76.4 cm³/mol. The maximum absolute atomic E-state index is 12.3. The second-order valence-corrected chi connectivity index (χ2v) is 5.21. The largest absolute Gasteiger partial charge is 0.465 e. The molecule has 1 heterocycles. The van der Waals surface area contributed by atoms with Crippen molar-refractivity contribution in [1.82, 2.24) is 0 Å². The number of rotatable bonds is 2. The molecule has 1 unspecified atom stereocenters. The van der Waals surface area contributed by atoms with Crippen LogP contribution in [0.25, 0.3) is 0 Å². The Kier molecular flexibility index (Phi) is 3.79. The molecule has 0 bridgehead atoms. The van der Waals surface area contributed by atoms with Gasteiger partial charge in [-0.05, 0) is 54.6 Å². The van der Waals surface area contributed by atoms with E-state index in [1.54, 1.807) is 26.0 Å². The quantitative estimate of drug-likeness (QED) is 0.465. The molecule has 0 fully saturated rings. The average molecular weight is 357 g/mol. The monoisotopic (exact) mass is 357 g/mol. The Morgan fingerprint density at radius 3 is 2.89 bits per heavy atom. The molecule has 5 heteroatoms. The Hall–Kier alpha value is -1.24. The van der Waals surface area contributed by atoms with Crippen LogP contribution in [-0.2, 0) is 9.53 Å². The summed E-state index contributed by atoms with van der Waals surface area (Å²) in [4.78, 5) is 28.4. The zero-order valence-corrected chi connectivity index (χ0v) is 12.2. The number of esters is 1. The Morgan fingerprint density at radius 1 is 1.50 bits per heavy atom. The topological polar surface area (TPSA) is 55.7 Å². The highest BCUT2D eigenvalue weighted by Crippen LogP contribution is 2.30. The first kappa shape index (κ1) is 13.2. The summed E-state index contributed by atoms with van der Waals surface area (Å²) in [5, 5.41) is 0. The van der Waals surface area contributed by atoms with Crippen molar-refractivity contribution in [1.29, 1.82) is 0 Å². The van der Waals surface area contributed by atoms with Gasteiger partial charge >= 0.3 is 5.97 Å². The number of hydrogen-bond acceptors (Lipinski definition) is 4. The molecule has 0 spiro atoms. The van der Waals surface area contributed by atoms with E-state index in [9.17, 15) is 9.59 Å². The highest BCUT2D eigenvalue weighted by Gasteiger charge is 2.36. The van der Waals surface area contributed by atoms with Crippen LogP contribution in [0, 0.1) is 9.49 Å². The Labute approximate surface area is 119 Å². The van der Waals surface area contributed by atoms with E-state index in [-0.39, 0.29) is 12.4 Å². The highest BCUT2D eigenvalue weighted by atomic mass is 127. The van der Waals surface area contributed by atoms with Gasteiger partial charge in [0.15, 0.2) is 11.7 Å². The SMILES string of the molecule is CCOC(=O)C1C(=O)c2cc(I)ccc2N=C1C. The van der Waals surface area contributed by atoms with Crippen LogP contribution in [0.3, 0.4) is 0 Å². The third kappa shape index (κ3) is 2.31. The molecule has 1 aromatic rings. The van der Waals surface area contributed by atoms with E-state index in [0.29, 0.717) is 17.0 Å². The number of fused-ring (bicyclic) bond motifs is 1. The molecule has 18 heavy (non-hydrogen) atoms. The van der Waals surface area contributed by atoms with E-state index < -0.39 is 11.9 Å². The van der Waals surface area contributed by atoms with Crippen LogP contribution in [0.2, 0.25) is 0 Å². The fourth-order valence-electron chi connectivity index (χ4n) is 1.91. The number of nitrogens with zero attached hydrogens (tertiary/aromatic N) is 1. The van der Waals surface area contributed by atoms with E-state index in [0.717, 1.165) is 3.57 Å². The summed E-state index contributed by atoms with van der Waals surface area (Å²) in [5.41, 5.74) is 1.61. The number of Topliss-reactive ketones (excluding diaryl/α,β-unsaturated/α-hetero) is 1. The van der Waals surface area contributed by atoms with Gasteiger partial charge in [0.2, 0.25) is 0 Å². The van der Waals surface area contributed by atoms with E-state index in [2.05, 4.69) is 27.6 Å². The lowest BCUT2D eigenvalue weighted by molar-refractivity contribution is -0.144. The van der Waals surface area contributed by atoms with Crippen molar-refractivity contribution in [2.75, 3.05) is 6.61 Å². The summed E-state index contributed by atoms with van der Waals surface area (Å²) >= 11 is 2.13. The number of ketones is 1. The van der Waals surface area contributed by atoms with Gasteiger partial charge in [-0.25, -0.2) is 0 Å². The van der Waals surface area contributed by atoms with Gasteiger partial charge in [-0.2, -0.15) is 0 Å².